The first kappa shape index (κ1) is 91.3. The predicted octanol–water partition coefficient (Wildman–Crippen LogP) is 36.3. The Kier molecular flexibility index (Phi) is 26.2. The second-order valence-electron chi connectivity index (χ2n) is 41.2. The van der Waals surface area contributed by atoms with Gasteiger partial charge in [0.25, 0.3) is 6.71 Å². The van der Waals surface area contributed by atoms with E-state index in [9.17, 15) is 0 Å². The maximum atomic E-state index is 2.59. The molecule has 2 aliphatic heterocycles. The van der Waals surface area contributed by atoms with Crippen LogP contribution in [0, 0.1) is 0 Å². The van der Waals surface area contributed by atoms with Gasteiger partial charge in [0.1, 0.15) is 0 Å². The monoisotopic (exact) mass is 1730 g/mol. The van der Waals surface area contributed by atoms with Gasteiger partial charge in [-0.1, -0.05) is 348 Å². The molecule has 15 aromatic rings. The normalized spacial score (nSPS) is 12.6. The van der Waals surface area contributed by atoms with Crippen LogP contribution < -0.4 is 40.9 Å². The molecule has 0 N–H and O–H groups in total. The number of hydrogen-bond donors (Lipinski definition) is 0. The minimum absolute atomic E-state index is 0.252. The molecule has 0 amide bonds. The Balaban J connectivity index is 0.927. The average molecular weight is 1730 g/mol. The third-order valence-electron chi connectivity index (χ3n) is 28.0. The van der Waals surface area contributed by atoms with Gasteiger partial charge in [0.2, 0.25) is 0 Å². The smallest absolute Gasteiger partial charge is 0.252 e. The predicted molar refractivity (Wildman–Crippen MR) is 575 cm³/mol. The van der Waals surface area contributed by atoms with Gasteiger partial charge in [-0.25, -0.2) is 0 Å². The topological polar surface area (TPSA) is 16.2 Å². The molecule has 668 valence electrons. The molecule has 0 saturated heterocycles. The van der Waals surface area contributed by atoms with Crippen LogP contribution in [0.4, 0.5) is 85.3 Å². The second kappa shape index (κ2) is 37.9. The lowest BCUT2D eigenvalue weighted by atomic mass is 9.33. The Bertz CT molecular complexity index is 5880. The van der Waals surface area contributed by atoms with Crippen LogP contribution >= 0.6 is 0 Å². The molecule has 0 spiro atoms. The van der Waals surface area contributed by atoms with Crippen LogP contribution in [0.2, 0.25) is 0 Å². The fourth-order valence-corrected chi connectivity index (χ4v) is 20.8. The lowest BCUT2D eigenvalue weighted by Gasteiger charge is -2.45. The van der Waals surface area contributed by atoms with Crippen molar-refractivity contribution in [2.45, 2.75) is 237 Å². The standard InChI is InChI=1S/C126H136BN5/c1-77(2)93-65-108(81(9)10)122(109(66-93)82(11)12)89-45-53-101(54-46-89)128(102-55-47-90(48-56-102)123-110(83(13)14)67-94(78(3)4)68-111(123)84(15)16)105-61-63-116-118(73-105)131(99-41-33-27-34-42-99)120-75-107(130(97-37-29-25-30-38-97)98-39-31-26-32-40-98)76-121-126(120)127(116)117-64-62-106(74-119(117)132(121)100-43-35-28-36-44-100)129(103-57-49-91(50-58-103)124-112(85(17)18)69-95(79(5)6)70-113(124)86(19)20)104-59-51-92(52-60-104)125-114(87(21)22)71-96(80(7)8)72-115(125)88(23)24/h25-88H,1-24H3. The Morgan fingerprint density at radius 3 is 0.598 bits per heavy atom. The average Bonchev–Trinajstić information content (AvgIpc) is 0.690. The fraction of sp³-hybridized carbons (Fsp3) is 0.286. The molecule has 6 heteroatoms. The Labute approximate surface area is 791 Å². The fourth-order valence-electron chi connectivity index (χ4n) is 20.8. The zero-order valence-electron chi connectivity index (χ0n) is 82.8. The lowest BCUT2D eigenvalue weighted by Crippen LogP contribution is -2.61. The van der Waals surface area contributed by atoms with Crippen LogP contribution in [0.15, 0.2) is 315 Å². The van der Waals surface area contributed by atoms with Crippen molar-refractivity contribution in [2.75, 3.05) is 24.5 Å². The SMILES string of the molecule is CC(C)c1cc(C(C)C)c(-c2ccc(N(c3ccc(-c4c(C(C)C)cc(C(C)C)cc4C(C)C)cc3)c3ccc4c(c3)N(c3ccccc3)c3cc(N(c5ccccc5)c5ccccc5)cc5c3B4c3ccc(N(c4ccc(-c6c(C(C)C)cc(C(C)C)cc6C(C)C)cc4)c4ccc(-c6c(C(C)C)cc(C(C)C)cc6C(C)C)cc4)cc3N5c3ccccc3)cc2)c(C(C)C)c1. The van der Waals surface area contributed by atoms with Crippen molar-refractivity contribution in [3.05, 3.63) is 382 Å². The second-order valence-corrected chi connectivity index (χ2v) is 41.2. The van der Waals surface area contributed by atoms with E-state index < -0.39 is 0 Å². The molecule has 0 aromatic heterocycles. The van der Waals surface area contributed by atoms with Crippen molar-refractivity contribution in [1.29, 1.82) is 0 Å². The van der Waals surface area contributed by atoms with Crippen LogP contribution in [-0.2, 0) is 0 Å². The molecule has 2 aliphatic rings. The molecular weight excluding hydrogens is 1590 g/mol. The molecule has 0 atom stereocenters. The maximum absolute atomic E-state index is 2.59. The van der Waals surface area contributed by atoms with E-state index in [2.05, 4.69) is 506 Å². The van der Waals surface area contributed by atoms with E-state index in [1.807, 2.05) is 0 Å². The van der Waals surface area contributed by atoms with Gasteiger partial charge in [0.05, 0.1) is 5.69 Å². The number of para-hydroxylation sites is 4. The third-order valence-corrected chi connectivity index (χ3v) is 28.0. The van der Waals surface area contributed by atoms with Crippen LogP contribution in [0.3, 0.4) is 0 Å². The summed E-state index contributed by atoms with van der Waals surface area (Å²) in [5.74, 6) is 4.25. The highest BCUT2D eigenvalue weighted by molar-refractivity contribution is 7.00. The van der Waals surface area contributed by atoms with E-state index in [0.29, 0.717) is 71.0 Å². The van der Waals surface area contributed by atoms with Crippen LogP contribution in [0.25, 0.3) is 44.5 Å². The number of rotatable bonds is 27. The molecule has 15 aromatic carbocycles. The van der Waals surface area contributed by atoms with E-state index in [-0.39, 0.29) is 6.71 Å². The lowest BCUT2D eigenvalue weighted by molar-refractivity contribution is 0.807. The van der Waals surface area contributed by atoms with Crippen molar-refractivity contribution in [2.24, 2.45) is 0 Å². The zero-order valence-corrected chi connectivity index (χ0v) is 82.8. The molecule has 0 unspecified atom stereocenters. The molecule has 0 bridgehead atoms. The molecule has 0 saturated carbocycles. The van der Waals surface area contributed by atoms with Crippen molar-refractivity contribution in [3.63, 3.8) is 0 Å². The van der Waals surface area contributed by atoms with Gasteiger partial charge in [0.15, 0.2) is 0 Å². The first-order valence-electron chi connectivity index (χ1n) is 49.2. The summed E-state index contributed by atoms with van der Waals surface area (Å²) in [6.45, 7) is 56.2. The Morgan fingerprint density at radius 1 is 0.182 bits per heavy atom. The summed E-state index contributed by atoms with van der Waals surface area (Å²) in [4.78, 5) is 12.7. The van der Waals surface area contributed by atoms with E-state index in [1.165, 1.54) is 128 Å². The van der Waals surface area contributed by atoms with Crippen molar-refractivity contribution in [1.82, 2.24) is 0 Å². The van der Waals surface area contributed by atoms with Gasteiger partial charge >= 0.3 is 0 Å². The summed E-state index contributed by atoms with van der Waals surface area (Å²) in [7, 11) is 0. The van der Waals surface area contributed by atoms with Gasteiger partial charge in [-0.15, -0.1) is 0 Å². The zero-order chi connectivity index (χ0) is 93.1. The highest BCUT2D eigenvalue weighted by Crippen LogP contribution is 2.54. The van der Waals surface area contributed by atoms with Crippen LogP contribution in [0.1, 0.15) is 304 Å². The van der Waals surface area contributed by atoms with Gasteiger partial charge in [-0.2, -0.15) is 0 Å². The van der Waals surface area contributed by atoms with Gasteiger partial charge in [-0.05, 0) is 332 Å². The number of nitrogens with zero attached hydrogens (tertiary/aromatic N) is 5. The summed E-state index contributed by atoms with van der Waals surface area (Å²) in [5, 5.41) is 0. The van der Waals surface area contributed by atoms with E-state index in [4.69, 9.17) is 0 Å². The van der Waals surface area contributed by atoms with Crippen molar-refractivity contribution >= 4 is 108 Å². The first-order chi connectivity index (χ1) is 63.4. The molecule has 17 rings (SSSR count). The van der Waals surface area contributed by atoms with E-state index in [1.54, 1.807) is 0 Å². The molecule has 5 nitrogen and oxygen atoms in total. The maximum Gasteiger partial charge on any atom is 0.252 e. The minimum Gasteiger partial charge on any atom is -0.311 e. The number of hydrogen-bond acceptors (Lipinski definition) is 5. The number of fused-ring (bicyclic) bond motifs is 4. The third kappa shape index (κ3) is 17.5. The van der Waals surface area contributed by atoms with Crippen molar-refractivity contribution in [3.8, 4) is 44.5 Å². The quantitative estimate of drug-likeness (QED) is 0.0476. The summed E-state index contributed by atoms with van der Waals surface area (Å²) >= 11 is 0. The molecule has 0 fully saturated rings. The van der Waals surface area contributed by atoms with E-state index >= 15 is 0 Å². The highest BCUT2D eigenvalue weighted by Gasteiger charge is 2.45. The Morgan fingerprint density at radius 2 is 0.379 bits per heavy atom. The van der Waals surface area contributed by atoms with Gasteiger partial charge < -0.3 is 24.5 Å². The van der Waals surface area contributed by atoms with Gasteiger partial charge in [0, 0.05) is 79.6 Å². The first-order valence-corrected chi connectivity index (χ1v) is 49.2. The molecular formula is C126H136BN5. The number of anilines is 15. The highest BCUT2D eigenvalue weighted by atomic mass is 15.2. The minimum atomic E-state index is -0.252. The summed E-state index contributed by atoms with van der Waals surface area (Å²) < 4.78 is 0. The summed E-state index contributed by atoms with van der Waals surface area (Å²) in [5.41, 5.74) is 47.0. The molecule has 2 heterocycles. The van der Waals surface area contributed by atoms with E-state index in [0.717, 1.165) is 85.3 Å². The number of benzene rings is 15. The molecule has 132 heavy (non-hydrogen) atoms. The van der Waals surface area contributed by atoms with Crippen LogP contribution in [-0.4, -0.2) is 6.71 Å². The summed E-state index contributed by atoms with van der Waals surface area (Å²) in [6.07, 6.45) is 0. The largest absolute Gasteiger partial charge is 0.311 e. The summed E-state index contributed by atoms with van der Waals surface area (Å²) in [6, 6.07) is 123. The molecule has 0 radical (unpaired) electrons. The Hall–Kier alpha value is -12.6. The molecule has 0 aliphatic carbocycles. The van der Waals surface area contributed by atoms with Crippen LogP contribution in [0.5, 0.6) is 0 Å². The van der Waals surface area contributed by atoms with Crippen molar-refractivity contribution < 1.29 is 0 Å². The van der Waals surface area contributed by atoms with Gasteiger partial charge in [-0.3, -0.25) is 0 Å².